The summed E-state index contributed by atoms with van der Waals surface area (Å²) in [7, 11) is 0. The van der Waals surface area contributed by atoms with Crippen molar-refractivity contribution in [2.75, 3.05) is 0 Å². The molecule has 0 saturated carbocycles. The van der Waals surface area contributed by atoms with Crippen LogP contribution in [-0.4, -0.2) is 54.0 Å². The summed E-state index contributed by atoms with van der Waals surface area (Å²) in [5.41, 5.74) is 0.287. The van der Waals surface area contributed by atoms with Gasteiger partial charge in [-0.1, -0.05) is 0 Å². The van der Waals surface area contributed by atoms with Crippen LogP contribution in [0.15, 0.2) is 8.83 Å². The van der Waals surface area contributed by atoms with Gasteiger partial charge < -0.3 is 53.4 Å². The van der Waals surface area contributed by atoms with E-state index in [4.69, 9.17) is 23.4 Å². The number of aliphatic hydroxyl groups excluding tert-OH is 1. The molecule has 0 spiro atoms. The fourth-order valence-corrected chi connectivity index (χ4v) is 3.26. The topological polar surface area (TPSA) is 148 Å². The number of carbonyl (C=O) groups excluding carboxylic acids is 3. The van der Waals surface area contributed by atoms with Crippen LogP contribution in [0.4, 0.5) is 9.59 Å². The summed E-state index contributed by atoms with van der Waals surface area (Å²) in [4.78, 5) is 49.0. The number of rotatable bonds is 2. The number of oxazole rings is 2. The summed E-state index contributed by atoms with van der Waals surface area (Å²) in [6, 6.07) is 0. The van der Waals surface area contributed by atoms with Crippen LogP contribution < -0.4 is 0 Å². The van der Waals surface area contributed by atoms with E-state index in [1.165, 1.54) is 16.7 Å². The van der Waals surface area contributed by atoms with Crippen molar-refractivity contribution in [3.63, 3.8) is 0 Å². The number of aromatic nitrogens is 2. The zero-order valence-electron chi connectivity index (χ0n) is 24.1. The molecule has 4 rings (SSSR count). The van der Waals surface area contributed by atoms with E-state index < -0.39 is 17.3 Å². The number of ether oxygens (including phenoxy) is 2. The zero-order chi connectivity index (χ0) is 28.1. The number of hydrogen-bond acceptors (Lipinski definition) is 10. The molecule has 4 heterocycles. The standard InChI is InChI=1S/C12H16N2O4.C11H16N2O4.CH2I.CH3.2V/c1-7(15)10-13-8-5-14(6-9(8)17-10)11(16)18-12(2,3)4;1-11(2,3)17-10(15)13-4-7-8(5-13)16-9(6-14)12-7;1-2;;;/h5-6H2,1-4H3;14H,4-6H2,1-3H3;1H2;1H3;;/q;;2*-1;;. The maximum Gasteiger partial charge on any atom is 0.411 e. The maximum atomic E-state index is 11.8. The van der Waals surface area contributed by atoms with Crippen molar-refractivity contribution < 1.29 is 74.9 Å². The number of fused-ring (bicyclic) bond motifs is 2. The first-order valence-corrected chi connectivity index (χ1v) is 13.0. The molecule has 1 N–H and O–H groups in total. The van der Waals surface area contributed by atoms with Gasteiger partial charge in [0.1, 0.15) is 40.7 Å². The fraction of sp³-hybridized carbons (Fsp3) is 0.560. The minimum atomic E-state index is -0.529. The molecule has 0 saturated heterocycles. The van der Waals surface area contributed by atoms with Crippen molar-refractivity contribution in [1.82, 2.24) is 19.8 Å². The Morgan fingerprint density at radius 2 is 1.25 bits per heavy atom. The monoisotopic (exact) mass is 750 g/mol. The summed E-state index contributed by atoms with van der Waals surface area (Å²) in [6.45, 7) is 13.4. The molecule has 0 atom stereocenters. The van der Waals surface area contributed by atoms with Crippen LogP contribution >= 0.6 is 22.6 Å². The van der Waals surface area contributed by atoms with Crippen LogP contribution in [-0.2, 0) is 79.4 Å². The molecular formula is C25H37IN4O8V2-2. The van der Waals surface area contributed by atoms with Crippen molar-refractivity contribution in [1.29, 1.82) is 0 Å². The number of aliphatic hydroxyl groups is 1. The number of amides is 2. The summed E-state index contributed by atoms with van der Waals surface area (Å²) in [6.07, 6.45) is -0.781. The average Bonchev–Trinajstić information content (AvgIpc) is 3.51. The van der Waals surface area contributed by atoms with Crippen LogP contribution in [0, 0.1) is 12.4 Å². The van der Waals surface area contributed by atoms with E-state index in [2.05, 4.69) is 14.9 Å². The SMILES string of the molecule is CC(=O)c1nc2c(o1)CN(C(=O)OC(C)(C)C)C2.CC(C)(C)OC(=O)N1Cc2nc(CO)oc2C1.[CH2-]I.[CH3-].[V].[V]. The largest absolute Gasteiger partial charge is 0.444 e. The molecular weight excluding hydrogens is 713 g/mol. The van der Waals surface area contributed by atoms with Gasteiger partial charge in [0.25, 0.3) is 5.89 Å². The van der Waals surface area contributed by atoms with E-state index in [1.54, 1.807) is 0 Å². The van der Waals surface area contributed by atoms with Crippen LogP contribution in [0.25, 0.3) is 0 Å². The van der Waals surface area contributed by atoms with Gasteiger partial charge in [-0.3, -0.25) is 19.5 Å². The first-order valence-electron chi connectivity index (χ1n) is 11.5. The van der Waals surface area contributed by atoms with Gasteiger partial charge in [-0.05, 0) is 41.5 Å². The number of halogens is 1. The third kappa shape index (κ3) is 11.8. The van der Waals surface area contributed by atoms with Gasteiger partial charge in [-0.15, -0.1) is 0 Å². The second kappa shape index (κ2) is 16.8. The summed E-state index contributed by atoms with van der Waals surface area (Å²) >= 11 is 1.90. The Kier molecular flexibility index (Phi) is 17.1. The quantitative estimate of drug-likeness (QED) is 0.247. The van der Waals surface area contributed by atoms with Gasteiger partial charge in [0.05, 0.1) is 26.2 Å². The number of hydrogen-bond donors (Lipinski definition) is 1. The summed E-state index contributed by atoms with van der Waals surface area (Å²) < 4.78 is 21.1. The third-order valence-electron chi connectivity index (χ3n) is 4.69. The van der Waals surface area contributed by atoms with Gasteiger partial charge in [-0.25, -0.2) is 19.6 Å². The van der Waals surface area contributed by atoms with Gasteiger partial charge in [0, 0.05) is 44.0 Å². The number of carbonyl (C=O) groups is 3. The van der Waals surface area contributed by atoms with E-state index in [0.29, 0.717) is 55.0 Å². The van der Waals surface area contributed by atoms with Gasteiger partial charge in [0.2, 0.25) is 11.7 Å². The summed E-state index contributed by atoms with van der Waals surface area (Å²) in [5, 5.41) is 8.86. The molecule has 40 heavy (non-hydrogen) atoms. The van der Waals surface area contributed by atoms with Gasteiger partial charge in [0.15, 0.2) is 0 Å². The molecule has 0 fully saturated rings. The average molecular weight is 750 g/mol. The smallest absolute Gasteiger partial charge is 0.411 e. The van der Waals surface area contributed by atoms with E-state index in [-0.39, 0.29) is 68.9 Å². The number of nitrogens with zero attached hydrogens (tertiary/aromatic N) is 4. The maximum absolute atomic E-state index is 11.8. The molecule has 2 aromatic rings. The molecule has 0 unspecified atom stereocenters. The van der Waals surface area contributed by atoms with Crippen molar-refractivity contribution in [2.24, 2.45) is 0 Å². The summed E-state index contributed by atoms with van der Waals surface area (Å²) in [5.74, 6) is 1.36. The zero-order valence-corrected chi connectivity index (χ0v) is 29.1. The van der Waals surface area contributed by atoms with E-state index in [0.717, 1.165) is 0 Å². The Morgan fingerprint density at radius 1 is 0.850 bits per heavy atom. The first kappa shape index (κ1) is 40.6. The molecule has 12 nitrogen and oxygen atoms in total. The molecule has 0 bridgehead atoms. The molecule has 224 valence electrons. The molecule has 2 amide bonds. The van der Waals surface area contributed by atoms with E-state index in [9.17, 15) is 14.4 Å². The second-order valence-electron chi connectivity index (χ2n) is 10.3. The van der Waals surface area contributed by atoms with Gasteiger partial charge >= 0.3 is 12.2 Å². The fourth-order valence-electron chi connectivity index (χ4n) is 3.26. The van der Waals surface area contributed by atoms with Crippen molar-refractivity contribution in [3.8, 4) is 0 Å². The second-order valence-corrected chi connectivity index (χ2v) is 10.3. The van der Waals surface area contributed by atoms with Crippen LogP contribution in [0.2, 0.25) is 0 Å². The van der Waals surface area contributed by atoms with E-state index >= 15 is 0 Å². The normalized spacial score (nSPS) is 13.1. The van der Waals surface area contributed by atoms with Crippen LogP contribution in [0.3, 0.4) is 0 Å². The Labute approximate surface area is 273 Å². The predicted octanol–water partition coefficient (Wildman–Crippen LogP) is 5.20. The minimum absolute atomic E-state index is 0. The molecule has 0 aliphatic carbocycles. The molecule has 0 aromatic carbocycles. The minimum Gasteiger partial charge on any atom is -0.444 e. The van der Waals surface area contributed by atoms with Crippen LogP contribution in [0.1, 0.15) is 88.0 Å². The molecule has 2 aromatic heterocycles. The Balaban J connectivity index is 0. The Bertz CT molecular complexity index is 1080. The predicted molar refractivity (Wildman–Crippen MR) is 146 cm³/mol. The van der Waals surface area contributed by atoms with E-state index in [1.807, 2.05) is 64.1 Å². The van der Waals surface area contributed by atoms with Crippen molar-refractivity contribution in [2.45, 2.75) is 92.5 Å². The molecule has 2 radical (unpaired) electrons. The molecule has 2 aliphatic heterocycles. The molecule has 2 aliphatic rings. The number of Topliss-reactive ketones (excluding diaryl/α,β-unsaturated/α-hetero) is 1. The Hall–Kier alpha value is -1.51. The van der Waals surface area contributed by atoms with Gasteiger partial charge in [-0.2, -0.15) is 0 Å². The molecule has 15 heteroatoms. The van der Waals surface area contributed by atoms with Crippen LogP contribution in [0.5, 0.6) is 0 Å². The Morgan fingerprint density at radius 3 is 1.57 bits per heavy atom. The van der Waals surface area contributed by atoms with Crippen molar-refractivity contribution >= 4 is 40.6 Å². The number of ketones is 1. The first-order chi connectivity index (χ1) is 17.1. The third-order valence-corrected chi connectivity index (χ3v) is 4.69. The van der Waals surface area contributed by atoms with Crippen molar-refractivity contribution in [3.05, 3.63) is 47.0 Å².